The molecule has 0 spiro atoms. The molecule has 76 valence electrons. The Kier molecular flexibility index (Phi) is 3.69. The summed E-state index contributed by atoms with van der Waals surface area (Å²) >= 11 is 0. The molecule has 14 heavy (non-hydrogen) atoms. The standard InChI is InChI=1S/C12H17NO/c1-4-13(3)12-8-6-5-7-11(12)9-10(2)14/h5-8H,4,9H2,1-3H3. The van der Waals surface area contributed by atoms with E-state index in [1.807, 2.05) is 25.2 Å². The molecule has 0 saturated heterocycles. The summed E-state index contributed by atoms with van der Waals surface area (Å²) < 4.78 is 0. The number of Topliss-reactive ketones (excluding diaryl/α,β-unsaturated/α-hetero) is 1. The van der Waals surface area contributed by atoms with Crippen LogP contribution in [0.4, 0.5) is 5.69 Å². The molecule has 1 aromatic carbocycles. The van der Waals surface area contributed by atoms with Crippen molar-refractivity contribution in [1.82, 2.24) is 0 Å². The molecule has 0 heterocycles. The predicted molar refractivity (Wildman–Crippen MR) is 59.8 cm³/mol. The lowest BCUT2D eigenvalue weighted by Crippen LogP contribution is -2.18. The highest BCUT2D eigenvalue weighted by molar-refractivity contribution is 5.80. The number of para-hydroxylation sites is 1. The first-order valence-corrected chi connectivity index (χ1v) is 4.93. The lowest BCUT2D eigenvalue weighted by Gasteiger charge is -2.20. The fourth-order valence-corrected chi connectivity index (χ4v) is 1.47. The van der Waals surface area contributed by atoms with Gasteiger partial charge in [0.25, 0.3) is 0 Å². The third-order valence-electron chi connectivity index (χ3n) is 2.32. The van der Waals surface area contributed by atoms with Gasteiger partial charge in [-0.15, -0.1) is 0 Å². The molecule has 0 atom stereocenters. The molecule has 0 N–H and O–H groups in total. The molecule has 1 aromatic rings. The van der Waals surface area contributed by atoms with Crippen LogP contribution in [0.2, 0.25) is 0 Å². The summed E-state index contributed by atoms with van der Waals surface area (Å²) in [7, 11) is 2.04. The third kappa shape index (κ3) is 2.59. The number of carbonyl (C=O) groups excluding carboxylic acids is 1. The third-order valence-corrected chi connectivity index (χ3v) is 2.32. The van der Waals surface area contributed by atoms with E-state index in [-0.39, 0.29) is 5.78 Å². The van der Waals surface area contributed by atoms with Crippen LogP contribution in [0, 0.1) is 0 Å². The first-order chi connectivity index (χ1) is 6.65. The normalized spacial score (nSPS) is 9.93. The summed E-state index contributed by atoms with van der Waals surface area (Å²) in [6.07, 6.45) is 0.528. The van der Waals surface area contributed by atoms with E-state index in [9.17, 15) is 4.79 Å². The quantitative estimate of drug-likeness (QED) is 0.727. The Labute approximate surface area is 85.5 Å². The van der Waals surface area contributed by atoms with Crippen LogP contribution in [0.15, 0.2) is 24.3 Å². The lowest BCUT2D eigenvalue weighted by atomic mass is 10.1. The van der Waals surface area contributed by atoms with Crippen LogP contribution in [0.3, 0.4) is 0 Å². The molecule has 0 aliphatic heterocycles. The Morgan fingerprint density at radius 1 is 1.36 bits per heavy atom. The van der Waals surface area contributed by atoms with Crippen LogP contribution in [0.25, 0.3) is 0 Å². The Bertz CT molecular complexity index is 320. The second-order valence-corrected chi connectivity index (χ2v) is 3.52. The lowest BCUT2D eigenvalue weighted by molar-refractivity contribution is -0.116. The zero-order valence-electron chi connectivity index (χ0n) is 9.08. The van der Waals surface area contributed by atoms with Gasteiger partial charge in [-0.05, 0) is 25.5 Å². The van der Waals surface area contributed by atoms with E-state index in [2.05, 4.69) is 17.9 Å². The van der Waals surface area contributed by atoms with Gasteiger partial charge in [-0.3, -0.25) is 4.79 Å². The second-order valence-electron chi connectivity index (χ2n) is 3.52. The number of benzene rings is 1. The Morgan fingerprint density at radius 2 is 2.00 bits per heavy atom. The van der Waals surface area contributed by atoms with Crippen LogP contribution in [-0.2, 0) is 11.2 Å². The zero-order chi connectivity index (χ0) is 10.6. The van der Waals surface area contributed by atoms with Gasteiger partial charge in [0.2, 0.25) is 0 Å². The maximum Gasteiger partial charge on any atom is 0.134 e. The van der Waals surface area contributed by atoms with Gasteiger partial charge < -0.3 is 4.90 Å². The van der Waals surface area contributed by atoms with Crippen molar-refractivity contribution in [1.29, 1.82) is 0 Å². The zero-order valence-corrected chi connectivity index (χ0v) is 9.08. The van der Waals surface area contributed by atoms with Crippen LogP contribution in [0.1, 0.15) is 19.4 Å². The summed E-state index contributed by atoms with van der Waals surface area (Å²) in [5, 5.41) is 0. The summed E-state index contributed by atoms with van der Waals surface area (Å²) in [4.78, 5) is 13.2. The highest BCUT2D eigenvalue weighted by atomic mass is 16.1. The van der Waals surface area contributed by atoms with Crippen molar-refractivity contribution < 1.29 is 4.79 Å². The van der Waals surface area contributed by atoms with Crippen molar-refractivity contribution in [3.8, 4) is 0 Å². The number of anilines is 1. The van der Waals surface area contributed by atoms with Crippen LogP contribution in [0.5, 0.6) is 0 Å². The molecule has 2 nitrogen and oxygen atoms in total. The minimum absolute atomic E-state index is 0.210. The van der Waals surface area contributed by atoms with Gasteiger partial charge in [0, 0.05) is 25.7 Å². The van der Waals surface area contributed by atoms with Gasteiger partial charge in [-0.1, -0.05) is 18.2 Å². The summed E-state index contributed by atoms with van der Waals surface area (Å²) in [5.74, 6) is 0.210. The Hall–Kier alpha value is -1.31. The molecule has 0 radical (unpaired) electrons. The fourth-order valence-electron chi connectivity index (χ4n) is 1.47. The highest BCUT2D eigenvalue weighted by Crippen LogP contribution is 2.19. The molecule has 0 amide bonds. The topological polar surface area (TPSA) is 20.3 Å². The molecule has 0 unspecified atom stereocenters. The summed E-state index contributed by atoms with van der Waals surface area (Å²) in [6, 6.07) is 8.06. The Morgan fingerprint density at radius 3 is 2.57 bits per heavy atom. The van der Waals surface area contributed by atoms with Crippen molar-refractivity contribution in [2.24, 2.45) is 0 Å². The van der Waals surface area contributed by atoms with Crippen molar-refractivity contribution in [3.63, 3.8) is 0 Å². The first-order valence-electron chi connectivity index (χ1n) is 4.93. The molecule has 0 fully saturated rings. The van der Waals surface area contributed by atoms with Gasteiger partial charge >= 0.3 is 0 Å². The highest BCUT2D eigenvalue weighted by Gasteiger charge is 2.06. The summed E-state index contributed by atoms with van der Waals surface area (Å²) in [5.41, 5.74) is 2.27. The molecule has 0 aromatic heterocycles. The summed E-state index contributed by atoms with van der Waals surface area (Å²) in [6.45, 7) is 4.68. The van der Waals surface area contributed by atoms with Crippen molar-refractivity contribution in [3.05, 3.63) is 29.8 Å². The molecule has 2 heteroatoms. The number of ketones is 1. The SMILES string of the molecule is CCN(C)c1ccccc1CC(C)=O. The van der Waals surface area contributed by atoms with Gasteiger partial charge in [0.05, 0.1) is 0 Å². The molecule has 1 rings (SSSR count). The monoisotopic (exact) mass is 191 g/mol. The predicted octanol–water partition coefficient (Wildman–Crippen LogP) is 2.27. The van der Waals surface area contributed by atoms with Crippen LogP contribution >= 0.6 is 0 Å². The second kappa shape index (κ2) is 4.80. The minimum Gasteiger partial charge on any atom is -0.375 e. The van der Waals surface area contributed by atoms with E-state index in [1.165, 1.54) is 0 Å². The van der Waals surface area contributed by atoms with E-state index >= 15 is 0 Å². The molecule has 0 bridgehead atoms. The van der Waals surface area contributed by atoms with E-state index in [0.29, 0.717) is 6.42 Å². The van der Waals surface area contributed by atoms with Gasteiger partial charge in [0.15, 0.2) is 0 Å². The molecular weight excluding hydrogens is 174 g/mol. The van der Waals surface area contributed by atoms with Gasteiger partial charge in [-0.25, -0.2) is 0 Å². The van der Waals surface area contributed by atoms with Crippen LogP contribution in [-0.4, -0.2) is 19.4 Å². The maximum atomic E-state index is 11.1. The molecule has 0 aliphatic rings. The molecule has 0 saturated carbocycles. The fraction of sp³-hybridized carbons (Fsp3) is 0.417. The average Bonchev–Trinajstić information content (AvgIpc) is 2.16. The van der Waals surface area contributed by atoms with E-state index < -0.39 is 0 Å². The minimum atomic E-state index is 0.210. The maximum absolute atomic E-state index is 11.1. The van der Waals surface area contributed by atoms with Crippen LogP contribution < -0.4 is 4.90 Å². The molecular formula is C12H17NO. The number of hydrogen-bond acceptors (Lipinski definition) is 2. The average molecular weight is 191 g/mol. The number of hydrogen-bond donors (Lipinski definition) is 0. The van der Waals surface area contributed by atoms with E-state index in [0.717, 1.165) is 17.8 Å². The first kappa shape index (κ1) is 10.8. The van der Waals surface area contributed by atoms with E-state index in [1.54, 1.807) is 6.92 Å². The largest absolute Gasteiger partial charge is 0.375 e. The number of carbonyl (C=O) groups is 1. The van der Waals surface area contributed by atoms with E-state index in [4.69, 9.17) is 0 Å². The number of rotatable bonds is 4. The van der Waals surface area contributed by atoms with Crippen molar-refractivity contribution in [2.45, 2.75) is 20.3 Å². The van der Waals surface area contributed by atoms with Crippen molar-refractivity contribution in [2.75, 3.05) is 18.5 Å². The molecule has 0 aliphatic carbocycles. The smallest absolute Gasteiger partial charge is 0.134 e. The number of nitrogens with zero attached hydrogens (tertiary/aromatic N) is 1. The van der Waals surface area contributed by atoms with Crippen molar-refractivity contribution >= 4 is 11.5 Å². The van der Waals surface area contributed by atoms with Gasteiger partial charge in [0.1, 0.15) is 5.78 Å². The van der Waals surface area contributed by atoms with Gasteiger partial charge in [-0.2, -0.15) is 0 Å². The Balaban J connectivity index is 2.96.